The van der Waals surface area contributed by atoms with Crippen LogP contribution >= 0.6 is 0 Å². The van der Waals surface area contributed by atoms with Crippen LogP contribution in [0.15, 0.2) is 0 Å². The molecule has 0 aromatic carbocycles. The Morgan fingerprint density at radius 3 is 1.27 bits per heavy atom. The van der Waals surface area contributed by atoms with E-state index in [1.165, 1.54) is 14.2 Å². The number of hydrogen-bond donors (Lipinski definition) is 2. The highest BCUT2D eigenvalue weighted by molar-refractivity contribution is 5.85. The van der Waals surface area contributed by atoms with Gasteiger partial charge in [0, 0.05) is 26.2 Å². The molecule has 1 saturated heterocycles. The molecule has 1 heterocycles. The van der Waals surface area contributed by atoms with Gasteiger partial charge < -0.3 is 29.9 Å². The van der Waals surface area contributed by atoms with Crippen LogP contribution in [0.25, 0.3) is 0 Å². The van der Waals surface area contributed by atoms with E-state index in [1.54, 1.807) is 9.80 Å². The summed E-state index contributed by atoms with van der Waals surface area (Å²) in [4.78, 5) is 52.3. The number of ether oxygens (including phenoxy) is 2. The van der Waals surface area contributed by atoms with E-state index >= 15 is 0 Å². The highest BCUT2D eigenvalue weighted by Gasteiger charge is 2.32. The fourth-order valence-electron chi connectivity index (χ4n) is 3.15. The number of methoxy groups -OCH3 is 2. The van der Waals surface area contributed by atoms with Crippen LogP contribution < -0.4 is 10.6 Å². The zero-order chi connectivity index (χ0) is 22.8. The zero-order valence-electron chi connectivity index (χ0n) is 18.9. The van der Waals surface area contributed by atoms with E-state index in [-0.39, 0.29) is 23.9 Å². The topological polar surface area (TPSA) is 117 Å². The Bertz CT molecular complexity index is 554. The van der Waals surface area contributed by atoms with Gasteiger partial charge >= 0.3 is 24.0 Å². The number of carbonyl (C=O) groups is 4. The summed E-state index contributed by atoms with van der Waals surface area (Å²) in [6, 6.07) is -2.16. The third-order valence-electron chi connectivity index (χ3n) is 5.75. The van der Waals surface area contributed by atoms with E-state index in [0.717, 1.165) is 0 Å². The summed E-state index contributed by atoms with van der Waals surface area (Å²) < 4.78 is 9.59. The van der Waals surface area contributed by atoms with Crippen LogP contribution in [0.3, 0.4) is 0 Å². The van der Waals surface area contributed by atoms with Crippen molar-refractivity contribution in [2.75, 3.05) is 40.4 Å². The number of amides is 4. The van der Waals surface area contributed by atoms with Gasteiger partial charge in [-0.15, -0.1) is 0 Å². The molecule has 4 amide bonds. The van der Waals surface area contributed by atoms with Crippen LogP contribution in [0.5, 0.6) is 0 Å². The van der Waals surface area contributed by atoms with E-state index in [4.69, 9.17) is 9.47 Å². The predicted molar refractivity (Wildman–Crippen MR) is 111 cm³/mol. The molecular formula is C20H36N4O6. The van der Waals surface area contributed by atoms with Crippen molar-refractivity contribution in [1.29, 1.82) is 0 Å². The third kappa shape index (κ3) is 6.77. The summed E-state index contributed by atoms with van der Waals surface area (Å²) >= 11 is 0. The number of nitrogens with one attached hydrogen (secondary N) is 2. The predicted octanol–water partition coefficient (Wildman–Crippen LogP) is 1.20. The molecule has 4 atom stereocenters. The van der Waals surface area contributed by atoms with Crippen molar-refractivity contribution in [3.63, 3.8) is 0 Å². The molecule has 0 spiro atoms. The summed E-state index contributed by atoms with van der Waals surface area (Å²) in [7, 11) is 2.59. The minimum atomic E-state index is -0.717. The van der Waals surface area contributed by atoms with Gasteiger partial charge in [0.25, 0.3) is 0 Å². The molecule has 10 nitrogen and oxygen atoms in total. The van der Waals surface area contributed by atoms with E-state index < -0.39 is 24.0 Å². The molecule has 1 fully saturated rings. The van der Waals surface area contributed by atoms with Crippen LogP contribution in [-0.4, -0.2) is 86.3 Å². The Kier molecular flexibility index (Phi) is 10.4. The maximum Gasteiger partial charge on any atom is 0.328 e. The Labute approximate surface area is 178 Å². The molecule has 1 rings (SSSR count). The first kappa shape index (κ1) is 25.5. The lowest BCUT2D eigenvalue weighted by atomic mass is 9.99. The molecular weight excluding hydrogens is 392 g/mol. The van der Waals surface area contributed by atoms with Gasteiger partial charge in [0.1, 0.15) is 12.1 Å². The number of carbonyl (C=O) groups excluding carboxylic acids is 4. The van der Waals surface area contributed by atoms with Crippen LogP contribution in [0.2, 0.25) is 0 Å². The van der Waals surface area contributed by atoms with Crippen LogP contribution in [-0.2, 0) is 19.1 Å². The number of esters is 2. The number of nitrogens with zero attached hydrogens (tertiary/aromatic N) is 2. The second-order valence-electron chi connectivity index (χ2n) is 7.65. The Hall–Kier alpha value is -2.52. The van der Waals surface area contributed by atoms with E-state index in [0.29, 0.717) is 39.0 Å². The van der Waals surface area contributed by atoms with E-state index in [1.807, 2.05) is 27.7 Å². The van der Waals surface area contributed by atoms with Gasteiger partial charge in [-0.2, -0.15) is 0 Å². The van der Waals surface area contributed by atoms with Gasteiger partial charge in [-0.3, -0.25) is 0 Å². The molecule has 1 aliphatic heterocycles. The van der Waals surface area contributed by atoms with Crippen LogP contribution in [0.4, 0.5) is 9.59 Å². The maximum absolute atomic E-state index is 12.6. The fraction of sp³-hybridized carbons (Fsp3) is 0.800. The number of rotatable bonds is 8. The molecule has 172 valence electrons. The van der Waals surface area contributed by atoms with Crippen molar-refractivity contribution >= 4 is 24.0 Å². The first-order chi connectivity index (χ1) is 14.2. The third-order valence-corrected chi connectivity index (χ3v) is 5.75. The first-order valence-electron chi connectivity index (χ1n) is 10.5. The van der Waals surface area contributed by atoms with Crippen molar-refractivity contribution in [3.8, 4) is 0 Å². The highest BCUT2D eigenvalue weighted by atomic mass is 16.5. The van der Waals surface area contributed by atoms with Gasteiger partial charge in [0.05, 0.1) is 14.2 Å². The fourth-order valence-corrected chi connectivity index (χ4v) is 3.15. The molecule has 0 bridgehead atoms. The quantitative estimate of drug-likeness (QED) is 0.561. The molecule has 30 heavy (non-hydrogen) atoms. The SMILES string of the molecule is CC[C@@H](C)[C@H](NC(=O)N1CCN(C(=O)N[C@@H](C(=O)OC)[C@@H](C)CC)CC1)C(=O)OC. The van der Waals surface area contributed by atoms with E-state index in [9.17, 15) is 19.2 Å². The second-order valence-corrected chi connectivity index (χ2v) is 7.65. The molecule has 0 saturated carbocycles. The monoisotopic (exact) mass is 428 g/mol. The molecule has 2 N–H and O–H groups in total. The van der Waals surface area contributed by atoms with Gasteiger partial charge in [-0.05, 0) is 11.8 Å². The van der Waals surface area contributed by atoms with Gasteiger partial charge in [-0.25, -0.2) is 19.2 Å². The lowest BCUT2D eigenvalue weighted by Crippen LogP contribution is -2.59. The lowest BCUT2D eigenvalue weighted by Gasteiger charge is -2.36. The molecule has 0 aromatic heterocycles. The van der Waals surface area contributed by atoms with Crippen molar-refractivity contribution < 1.29 is 28.7 Å². The normalized spacial score (nSPS) is 17.9. The van der Waals surface area contributed by atoms with Gasteiger partial charge in [-0.1, -0.05) is 40.5 Å². The van der Waals surface area contributed by atoms with Crippen molar-refractivity contribution in [2.45, 2.75) is 52.6 Å². The smallest absolute Gasteiger partial charge is 0.328 e. The molecule has 0 radical (unpaired) electrons. The Morgan fingerprint density at radius 1 is 0.733 bits per heavy atom. The van der Waals surface area contributed by atoms with Crippen LogP contribution in [0, 0.1) is 11.8 Å². The largest absolute Gasteiger partial charge is 0.467 e. The number of urea groups is 2. The standard InChI is InChI=1S/C20H36N4O6/c1-7-13(3)15(17(25)29-5)21-19(27)23-9-11-24(12-10-23)20(28)22-16(14(4)8-2)18(26)30-6/h13-16H,7-12H2,1-6H3,(H,21,27)(H,22,28)/t13-,14+,15+,16-. The zero-order valence-corrected chi connectivity index (χ0v) is 18.9. The summed E-state index contributed by atoms with van der Waals surface area (Å²) in [6.07, 6.45) is 1.43. The summed E-state index contributed by atoms with van der Waals surface area (Å²) in [5.41, 5.74) is 0. The second kappa shape index (κ2) is 12.2. The summed E-state index contributed by atoms with van der Waals surface area (Å²) in [6.45, 7) is 8.90. The molecule has 10 heteroatoms. The molecule has 0 aliphatic carbocycles. The van der Waals surface area contributed by atoms with E-state index in [2.05, 4.69) is 10.6 Å². The Morgan fingerprint density at radius 2 is 1.03 bits per heavy atom. The van der Waals surface area contributed by atoms with Gasteiger partial charge in [0.15, 0.2) is 0 Å². The van der Waals surface area contributed by atoms with Crippen LogP contribution in [0.1, 0.15) is 40.5 Å². The minimum absolute atomic E-state index is 0.0655. The van der Waals surface area contributed by atoms with Gasteiger partial charge in [0.2, 0.25) is 0 Å². The first-order valence-corrected chi connectivity index (χ1v) is 10.5. The van der Waals surface area contributed by atoms with Crippen molar-refractivity contribution in [2.24, 2.45) is 11.8 Å². The number of piperazine rings is 1. The lowest BCUT2D eigenvalue weighted by molar-refractivity contribution is -0.145. The maximum atomic E-state index is 12.6. The summed E-state index contributed by atoms with van der Waals surface area (Å²) in [5, 5.41) is 5.48. The highest BCUT2D eigenvalue weighted by Crippen LogP contribution is 2.12. The van der Waals surface area contributed by atoms with Crippen molar-refractivity contribution in [3.05, 3.63) is 0 Å². The molecule has 0 unspecified atom stereocenters. The van der Waals surface area contributed by atoms with Crippen molar-refractivity contribution in [1.82, 2.24) is 20.4 Å². The average molecular weight is 429 g/mol. The molecule has 1 aliphatic rings. The minimum Gasteiger partial charge on any atom is -0.467 e. The average Bonchev–Trinajstić information content (AvgIpc) is 2.78. The number of hydrogen-bond acceptors (Lipinski definition) is 6. The molecule has 0 aromatic rings. The summed E-state index contributed by atoms with van der Waals surface area (Å²) in [5.74, 6) is -1.09. The Balaban J connectivity index is 2.64.